The average molecular weight is 224 g/mol. The smallest absolute Gasteiger partial charge is 0.0386 e. The topological polar surface area (TPSA) is 24.1 Å². The molecule has 0 spiro atoms. The summed E-state index contributed by atoms with van der Waals surface area (Å²) in [5.41, 5.74) is 0. The molecule has 0 saturated carbocycles. The van der Waals surface area contributed by atoms with E-state index in [9.17, 15) is 0 Å². The van der Waals surface area contributed by atoms with E-state index in [1.54, 1.807) is 0 Å². The Kier molecular flexibility index (Phi) is 4.18. The molecular weight excluding hydrogens is 204 g/mol. The highest BCUT2D eigenvalue weighted by molar-refractivity contribution is 7.10. The van der Waals surface area contributed by atoms with Crippen molar-refractivity contribution in [1.29, 1.82) is 0 Å². The third kappa shape index (κ3) is 3.30. The molecule has 0 aliphatic carbocycles. The summed E-state index contributed by atoms with van der Waals surface area (Å²) in [6.45, 7) is 5.81. The lowest BCUT2D eigenvalue weighted by atomic mass is 9.98. The largest absolute Gasteiger partial charge is 0.317 e. The van der Waals surface area contributed by atoms with Gasteiger partial charge in [-0.1, -0.05) is 6.07 Å². The summed E-state index contributed by atoms with van der Waals surface area (Å²) in [6.07, 6.45) is 2.65. The summed E-state index contributed by atoms with van der Waals surface area (Å²) >= 11 is 1.84. The van der Waals surface area contributed by atoms with Gasteiger partial charge in [0.05, 0.1) is 0 Å². The average Bonchev–Trinajstić information content (AvgIpc) is 2.81. The van der Waals surface area contributed by atoms with E-state index in [2.05, 4.69) is 35.1 Å². The summed E-state index contributed by atoms with van der Waals surface area (Å²) in [7, 11) is 0. The maximum Gasteiger partial charge on any atom is 0.0386 e. The molecule has 1 unspecified atom stereocenters. The molecule has 0 bridgehead atoms. The number of hydrogen-bond donors (Lipinski definition) is 2. The maximum absolute atomic E-state index is 3.64. The van der Waals surface area contributed by atoms with Crippen molar-refractivity contribution in [3.8, 4) is 0 Å². The molecule has 1 fully saturated rings. The number of piperidine rings is 1. The first-order chi connectivity index (χ1) is 7.36. The molecule has 3 heteroatoms. The summed E-state index contributed by atoms with van der Waals surface area (Å²) in [6, 6.07) is 4.85. The van der Waals surface area contributed by atoms with Gasteiger partial charge in [-0.05, 0) is 56.8 Å². The van der Waals surface area contributed by atoms with Crippen LogP contribution in [0.25, 0.3) is 0 Å². The molecule has 15 heavy (non-hydrogen) atoms. The van der Waals surface area contributed by atoms with E-state index in [1.165, 1.54) is 37.4 Å². The van der Waals surface area contributed by atoms with Gasteiger partial charge in [0.1, 0.15) is 0 Å². The number of thiophene rings is 1. The van der Waals surface area contributed by atoms with Crippen LogP contribution in [0.2, 0.25) is 0 Å². The Balaban J connectivity index is 1.73. The zero-order chi connectivity index (χ0) is 10.5. The van der Waals surface area contributed by atoms with Gasteiger partial charge in [0, 0.05) is 10.9 Å². The summed E-state index contributed by atoms with van der Waals surface area (Å²) < 4.78 is 0. The molecule has 0 amide bonds. The molecule has 1 aromatic heterocycles. The van der Waals surface area contributed by atoms with Gasteiger partial charge in [-0.2, -0.15) is 0 Å². The third-order valence-electron chi connectivity index (χ3n) is 3.14. The van der Waals surface area contributed by atoms with Crippen molar-refractivity contribution in [2.75, 3.05) is 19.6 Å². The second-order valence-electron chi connectivity index (χ2n) is 4.34. The Hall–Kier alpha value is -0.380. The van der Waals surface area contributed by atoms with Crippen molar-refractivity contribution < 1.29 is 0 Å². The van der Waals surface area contributed by atoms with Gasteiger partial charge in [-0.15, -0.1) is 11.3 Å². The van der Waals surface area contributed by atoms with Crippen molar-refractivity contribution >= 4 is 11.3 Å². The highest BCUT2D eigenvalue weighted by Gasteiger charge is 2.14. The van der Waals surface area contributed by atoms with Crippen LogP contribution in [0.15, 0.2) is 17.5 Å². The lowest BCUT2D eigenvalue weighted by Crippen LogP contribution is -2.34. The lowest BCUT2D eigenvalue weighted by Gasteiger charge is -2.24. The predicted octanol–water partition coefficient (Wildman–Crippen LogP) is 2.40. The molecule has 1 aliphatic heterocycles. The Labute approximate surface area is 96.1 Å². The zero-order valence-electron chi connectivity index (χ0n) is 9.33. The van der Waals surface area contributed by atoms with Crippen LogP contribution in [0.1, 0.15) is 30.7 Å². The minimum Gasteiger partial charge on any atom is -0.317 e. The van der Waals surface area contributed by atoms with Crippen LogP contribution in [0.4, 0.5) is 0 Å². The van der Waals surface area contributed by atoms with Gasteiger partial charge in [-0.3, -0.25) is 0 Å². The third-order valence-corrected chi connectivity index (χ3v) is 4.20. The normalized spacial score (nSPS) is 20.3. The molecule has 2 nitrogen and oxygen atoms in total. The summed E-state index contributed by atoms with van der Waals surface area (Å²) in [4.78, 5) is 1.45. The quantitative estimate of drug-likeness (QED) is 0.820. The van der Waals surface area contributed by atoms with E-state index in [-0.39, 0.29) is 0 Å². The van der Waals surface area contributed by atoms with Gasteiger partial charge in [0.15, 0.2) is 0 Å². The molecule has 2 rings (SSSR count). The van der Waals surface area contributed by atoms with Crippen LogP contribution in [0, 0.1) is 5.92 Å². The molecule has 84 valence electrons. The highest BCUT2D eigenvalue weighted by atomic mass is 32.1. The molecule has 1 aliphatic rings. The highest BCUT2D eigenvalue weighted by Crippen LogP contribution is 2.19. The molecule has 1 saturated heterocycles. The van der Waals surface area contributed by atoms with Gasteiger partial charge < -0.3 is 10.6 Å². The summed E-state index contributed by atoms with van der Waals surface area (Å²) in [5.74, 6) is 0.869. The van der Waals surface area contributed by atoms with Gasteiger partial charge in [0.25, 0.3) is 0 Å². The SMILES string of the molecule is CC(NCC1CCNCC1)c1cccs1. The molecule has 0 radical (unpaired) electrons. The molecule has 1 atom stereocenters. The van der Waals surface area contributed by atoms with Crippen molar-refractivity contribution in [2.24, 2.45) is 5.92 Å². The zero-order valence-corrected chi connectivity index (χ0v) is 10.1. The molecule has 0 aromatic carbocycles. The second-order valence-corrected chi connectivity index (χ2v) is 5.32. The van der Waals surface area contributed by atoms with Crippen molar-refractivity contribution in [2.45, 2.75) is 25.8 Å². The fourth-order valence-corrected chi connectivity index (χ4v) is 2.83. The second kappa shape index (κ2) is 5.64. The van der Waals surface area contributed by atoms with Gasteiger partial charge in [-0.25, -0.2) is 0 Å². The molecule has 1 aromatic rings. The minimum atomic E-state index is 0.514. The van der Waals surface area contributed by atoms with Crippen LogP contribution in [0.5, 0.6) is 0 Å². The van der Waals surface area contributed by atoms with E-state index < -0.39 is 0 Å². The van der Waals surface area contributed by atoms with Crippen LogP contribution < -0.4 is 10.6 Å². The first kappa shape index (κ1) is 11.1. The Morgan fingerprint density at radius 3 is 3.00 bits per heavy atom. The summed E-state index contributed by atoms with van der Waals surface area (Å²) in [5, 5.41) is 9.19. The molecule has 2 heterocycles. The Morgan fingerprint density at radius 1 is 1.53 bits per heavy atom. The molecule has 2 N–H and O–H groups in total. The van der Waals surface area contributed by atoms with E-state index in [1.807, 2.05) is 11.3 Å². The Bertz CT molecular complexity index is 265. The van der Waals surface area contributed by atoms with E-state index in [0.29, 0.717) is 6.04 Å². The first-order valence-corrected chi connectivity index (χ1v) is 6.71. The Morgan fingerprint density at radius 2 is 2.33 bits per heavy atom. The van der Waals surface area contributed by atoms with Crippen LogP contribution in [0.3, 0.4) is 0 Å². The van der Waals surface area contributed by atoms with E-state index in [0.717, 1.165) is 5.92 Å². The van der Waals surface area contributed by atoms with Gasteiger partial charge >= 0.3 is 0 Å². The first-order valence-electron chi connectivity index (χ1n) is 5.84. The van der Waals surface area contributed by atoms with Crippen molar-refractivity contribution in [3.05, 3.63) is 22.4 Å². The van der Waals surface area contributed by atoms with E-state index in [4.69, 9.17) is 0 Å². The van der Waals surface area contributed by atoms with Crippen molar-refractivity contribution in [3.63, 3.8) is 0 Å². The standard InChI is InChI=1S/C12H20N2S/c1-10(12-3-2-8-15-12)14-9-11-4-6-13-7-5-11/h2-3,8,10-11,13-14H,4-7,9H2,1H3. The number of rotatable bonds is 4. The molecular formula is C12H20N2S. The predicted molar refractivity (Wildman–Crippen MR) is 66.3 cm³/mol. The number of nitrogens with one attached hydrogen (secondary N) is 2. The maximum atomic E-state index is 3.64. The minimum absolute atomic E-state index is 0.514. The van der Waals surface area contributed by atoms with Gasteiger partial charge in [0.2, 0.25) is 0 Å². The van der Waals surface area contributed by atoms with Crippen LogP contribution >= 0.6 is 11.3 Å². The number of hydrogen-bond acceptors (Lipinski definition) is 3. The monoisotopic (exact) mass is 224 g/mol. The fraction of sp³-hybridized carbons (Fsp3) is 0.667. The van der Waals surface area contributed by atoms with Crippen molar-refractivity contribution in [1.82, 2.24) is 10.6 Å². The lowest BCUT2D eigenvalue weighted by molar-refractivity contribution is 0.346. The van der Waals surface area contributed by atoms with Crippen LogP contribution in [-0.4, -0.2) is 19.6 Å². The van der Waals surface area contributed by atoms with Crippen LogP contribution in [-0.2, 0) is 0 Å². The van der Waals surface area contributed by atoms with E-state index >= 15 is 0 Å². The fourth-order valence-electron chi connectivity index (χ4n) is 2.07.